The molecule has 3 rings (SSSR count). The van der Waals surface area contributed by atoms with Crippen molar-refractivity contribution >= 4 is 35.5 Å². The second-order valence-electron chi connectivity index (χ2n) is 8.81. The van der Waals surface area contributed by atoms with Crippen LogP contribution in [0.5, 0.6) is 0 Å². The van der Waals surface area contributed by atoms with Crippen LogP contribution >= 0.6 is 11.8 Å². The van der Waals surface area contributed by atoms with Gasteiger partial charge in [-0.15, -0.1) is 11.8 Å². The van der Waals surface area contributed by atoms with Gasteiger partial charge in [0.25, 0.3) is 0 Å². The Kier molecular flexibility index (Phi) is 10.7. The molecule has 0 aliphatic heterocycles. The first-order chi connectivity index (χ1) is 18.7. The molecule has 0 aliphatic carbocycles. The number of amides is 2. The van der Waals surface area contributed by atoms with Gasteiger partial charge in [0.1, 0.15) is 18.6 Å². The summed E-state index contributed by atoms with van der Waals surface area (Å²) in [6.45, 7) is -0.610. The van der Waals surface area contributed by atoms with Gasteiger partial charge in [-0.25, -0.2) is 0 Å². The Morgan fingerprint density at radius 2 is 1.26 bits per heavy atom. The highest BCUT2D eigenvalue weighted by Crippen LogP contribution is 2.48. The van der Waals surface area contributed by atoms with Crippen LogP contribution in [0, 0.1) is 0 Å². The molecule has 39 heavy (non-hydrogen) atoms. The molecule has 2 amide bonds. The molecule has 0 aliphatic rings. The Balaban J connectivity index is 1.98. The SMILES string of the molecule is N[C@@H](CCC(=O)N[C@@H](CSC(c1ccccc1)(c1ccccc1)c1ccccc1)C(=O)NCC(=O)O)C(=O)O. The third-order valence-corrected chi connectivity index (χ3v) is 7.71. The van der Waals surface area contributed by atoms with Crippen LogP contribution in [0.1, 0.15) is 29.5 Å². The Bertz CT molecular complexity index is 1160. The second-order valence-corrected chi connectivity index (χ2v) is 10.0. The zero-order chi connectivity index (χ0) is 28.3. The highest BCUT2D eigenvalue weighted by atomic mass is 32.2. The van der Waals surface area contributed by atoms with Gasteiger partial charge in [0, 0.05) is 12.2 Å². The van der Waals surface area contributed by atoms with Crippen LogP contribution < -0.4 is 16.4 Å². The van der Waals surface area contributed by atoms with Gasteiger partial charge in [-0.2, -0.15) is 0 Å². The molecule has 9 nitrogen and oxygen atoms in total. The van der Waals surface area contributed by atoms with E-state index in [2.05, 4.69) is 10.6 Å². The molecule has 0 fully saturated rings. The molecule has 0 heterocycles. The van der Waals surface area contributed by atoms with Crippen LogP contribution in [0.2, 0.25) is 0 Å². The minimum atomic E-state index is -1.23. The summed E-state index contributed by atoms with van der Waals surface area (Å²) < 4.78 is -0.772. The Hall–Kier alpha value is -4.15. The van der Waals surface area contributed by atoms with Gasteiger partial charge in [-0.05, 0) is 23.1 Å². The Morgan fingerprint density at radius 1 is 0.795 bits per heavy atom. The van der Waals surface area contributed by atoms with Crippen molar-refractivity contribution in [3.63, 3.8) is 0 Å². The number of rotatable bonds is 14. The first-order valence-electron chi connectivity index (χ1n) is 12.3. The fourth-order valence-corrected chi connectivity index (χ4v) is 5.68. The van der Waals surface area contributed by atoms with E-state index in [1.54, 1.807) is 0 Å². The van der Waals surface area contributed by atoms with E-state index >= 15 is 0 Å². The summed E-state index contributed by atoms with van der Waals surface area (Å²) in [5, 5.41) is 23.0. The van der Waals surface area contributed by atoms with E-state index in [0.717, 1.165) is 16.7 Å². The summed E-state index contributed by atoms with van der Waals surface area (Å²) in [4.78, 5) is 47.8. The van der Waals surface area contributed by atoms with Crippen LogP contribution in [0.25, 0.3) is 0 Å². The fraction of sp³-hybridized carbons (Fsp3) is 0.241. The second kappa shape index (κ2) is 14.1. The third-order valence-electron chi connectivity index (χ3n) is 6.07. The molecule has 0 saturated carbocycles. The third kappa shape index (κ3) is 7.92. The summed E-state index contributed by atoms with van der Waals surface area (Å²) in [7, 11) is 0. The number of nitrogens with two attached hydrogens (primary N) is 1. The van der Waals surface area contributed by atoms with Crippen LogP contribution in [0.3, 0.4) is 0 Å². The first kappa shape index (κ1) is 29.4. The van der Waals surface area contributed by atoms with Gasteiger partial charge < -0.3 is 26.6 Å². The predicted molar refractivity (Wildman–Crippen MR) is 149 cm³/mol. The number of thioether (sulfide) groups is 1. The molecule has 0 saturated heterocycles. The zero-order valence-electron chi connectivity index (χ0n) is 21.2. The molecule has 2 atom stereocenters. The highest BCUT2D eigenvalue weighted by Gasteiger charge is 2.38. The summed E-state index contributed by atoms with van der Waals surface area (Å²) in [5.41, 5.74) is 8.38. The highest BCUT2D eigenvalue weighted by molar-refractivity contribution is 8.00. The molecule has 0 bridgehead atoms. The number of aliphatic carboxylic acids is 2. The van der Waals surface area contributed by atoms with E-state index in [1.807, 2.05) is 91.0 Å². The average Bonchev–Trinajstić information content (AvgIpc) is 2.95. The average molecular weight is 550 g/mol. The maximum Gasteiger partial charge on any atom is 0.322 e. The molecule has 3 aromatic rings. The van der Waals surface area contributed by atoms with Crippen molar-refractivity contribution in [2.75, 3.05) is 12.3 Å². The van der Waals surface area contributed by atoms with Crippen LogP contribution in [0.15, 0.2) is 91.0 Å². The number of carbonyl (C=O) groups excluding carboxylic acids is 2. The molecule has 0 radical (unpaired) electrons. The van der Waals surface area contributed by atoms with Crippen molar-refractivity contribution < 1.29 is 29.4 Å². The summed E-state index contributed by atoms with van der Waals surface area (Å²) >= 11 is 1.43. The van der Waals surface area contributed by atoms with E-state index in [-0.39, 0.29) is 18.6 Å². The molecule has 6 N–H and O–H groups in total. The van der Waals surface area contributed by atoms with Gasteiger partial charge in [-0.1, -0.05) is 91.0 Å². The van der Waals surface area contributed by atoms with Gasteiger partial charge in [0.05, 0.1) is 4.75 Å². The van der Waals surface area contributed by atoms with E-state index < -0.39 is 47.1 Å². The van der Waals surface area contributed by atoms with E-state index in [0.29, 0.717) is 0 Å². The lowest BCUT2D eigenvalue weighted by Gasteiger charge is -2.36. The lowest BCUT2D eigenvalue weighted by atomic mass is 9.84. The Morgan fingerprint density at radius 3 is 1.67 bits per heavy atom. The van der Waals surface area contributed by atoms with Crippen molar-refractivity contribution in [3.8, 4) is 0 Å². The number of hydrogen-bond acceptors (Lipinski definition) is 6. The lowest BCUT2D eigenvalue weighted by molar-refractivity contribution is -0.139. The topological polar surface area (TPSA) is 159 Å². The number of carbonyl (C=O) groups is 4. The Labute approximate surface area is 230 Å². The van der Waals surface area contributed by atoms with Crippen LogP contribution in [-0.2, 0) is 23.9 Å². The van der Waals surface area contributed by atoms with Gasteiger partial charge in [0.2, 0.25) is 11.8 Å². The number of nitrogens with one attached hydrogen (secondary N) is 2. The fourth-order valence-electron chi connectivity index (χ4n) is 4.12. The number of carboxylic acids is 2. The van der Waals surface area contributed by atoms with Crippen molar-refractivity contribution in [1.29, 1.82) is 0 Å². The van der Waals surface area contributed by atoms with Crippen molar-refractivity contribution in [3.05, 3.63) is 108 Å². The van der Waals surface area contributed by atoms with Crippen LogP contribution in [-0.4, -0.2) is 58.3 Å². The molecule has 0 spiro atoms. The quantitative estimate of drug-likeness (QED) is 0.192. The molecule has 204 valence electrons. The summed E-state index contributed by atoms with van der Waals surface area (Å²) in [6, 6.07) is 27.0. The van der Waals surface area contributed by atoms with E-state index in [4.69, 9.17) is 15.9 Å². The van der Waals surface area contributed by atoms with Crippen molar-refractivity contribution in [2.24, 2.45) is 5.73 Å². The minimum Gasteiger partial charge on any atom is -0.480 e. The number of carboxylic acid groups (broad SMARTS) is 2. The maximum absolute atomic E-state index is 13.0. The van der Waals surface area contributed by atoms with Crippen molar-refractivity contribution in [1.82, 2.24) is 10.6 Å². The van der Waals surface area contributed by atoms with Gasteiger partial charge in [0.15, 0.2) is 0 Å². The predicted octanol–water partition coefficient (Wildman–Crippen LogP) is 2.59. The standard InChI is InChI=1S/C29H31N3O6S/c30-23(28(37)38)16-17-25(33)32-24(27(36)31-18-26(34)35)19-39-29(20-10-4-1-5-11-20,21-12-6-2-7-13-21)22-14-8-3-9-15-22/h1-15,23-24H,16-19,30H2,(H,31,36)(H,32,33)(H,34,35)(H,37,38)/t23-,24-/m0/s1. The molecular weight excluding hydrogens is 518 g/mol. The van der Waals surface area contributed by atoms with Gasteiger partial charge >= 0.3 is 11.9 Å². The molecule has 0 aromatic heterocycles. The maximum atomic E-state index is 13.0. The molecular formula is C29H31N3O6S. The first-order valence-corrected chi connectivity index (χ1v) is 13.3. The normalized spacial score (nSPS) is 12.6. The molecule has 10 heteroatoms. The lowest BCUT2D eigenvalue weighted by Crippen LogP contribution is -2.50. The molecule has 0 unspecified atom stereocenters. The van der Waals surface area contributed by atoms with Crippen molar-refractivity contribution in [2.45, 2.75) is 29.7 Å². The monoisotopic (exact) mass is 549 g/mol. The zero-order valence-corrected chi connectivity index (χ0v) is 22.0. The summed E-state index contributed by atoms with van der Waals surface area (Å²) in [6.07, 6.45) is -0.318. The van der Waals surface area contributed by atoms with E-state index in [9.17, 15) is 19.2 Å². The molecule has 3 aromatic carbocycles. The van der Waals surface area contributed by atoms with Crippen LogP contribution in [0.4, 0.5) is 0 Å². The summed E-state index contributed by atoms with van der Waals surface area (Å²) in [5.74, 6) is -3.59. The number of hydrogen-bond donors (Lipinski definition) is 5. The largest absolute Gasteiger partial charge is 0.480 e. The van der Waals surface area contributed by atoms with E-state index in [1.165, 1.54) is 11.8 Å². The smallest absolute Gasteiger partial charge is 0.322 e. The minimum absolute atomic E-state index is 0.0842. The van der Waals surface area contributed by atoms with Gasteiger partial charge in [-0.3, -0.25) is 19.2 Å². The number of benzene rings is 3.